The number of nitrogens with one attached hydrogen (secondary N) is 1. The van der Waals surface area contributed by atoms with Crippen molar-refractivity contribution in [1.29, 1.82) is 0 Å². The number of nitrogens with zero attached hydrogens (tertiary/aromatic N) is 6. The van der Waals surface area contributed by atoms with Gasteiger partial charge in [0.05, 0.1) is 39.7 Å². The molecule has 4 heterocycles. The van der Waals surface area contributed by atoms with E-state index in [1.165, 1.54) is 0 Å². The summed E-state index contributed by atoms with van der Waals surface area (Å²) >= 11 is 6.14. The molecule has 2 aromatic rings. The van der Waals surface area contributed by atoms with Gasteiger partial charge in [0.25, 0.3) is 0 Å². The summed E-state index contributed by atoms with van der Waals surface area (Å²) < 4.78 is 0. The minimum atomic E-state index is 0.0386. The van der Waals surface area contributed by atoms with E-state index in [-0.39, 0.29) is 12.2 Å². The molecule has 1 aliphatic carbocycles. The minimum Gasteiger partial charge on any atom is -0.367 e. The number of likely N-dealkylation sites (N-methyl/N-ethyl adjacent to an activating group) is 1. The molecule has 0 saturated carbocycles. The molecule has 34 heavy (non-hydrogen) atoms. The van der Waals surface area contributed by atoms with Gasteiger partial charge >= 0.3 is 0 Å². The molecule has 9 heteroatoms. The van der Waals surface area contributed by atoms with Crippen LogP contribution in [0.25, 0.3) is 5.70 Å². The first-order chi connectivity index (χ1) is 16.4. The van der Waals surface area contributed by atoms with Crippen LogP contribution in [0.15, 0.2) is 40.1 Å². The highest BCUT2D eigenvalue weighted by atomic mass is 35.5. The highest BCUT2D eigenvalue weighted by molar-refractivity contribution is 6.39. The van der Waals surface area contributed by atoms with Crippen LogP contribution < -0.4 is 10.2 Å². The van der Waals surface area contributed by atoms with E-state index in [0.29, 0.717) is 40.4 Å². The lowest BCUT2D eigenvalue weighted by atomic mass is 9.91. The van der Waals surface area contributed by atoms with Crippen LogP contribution in [-0.4, -0.2) is 64.1 Å². The van der Waals surface area contributed by atoms with Crippen LogP contribution in [0.5, 0.6) is 0 Å². The Morgan fingerprint density at radius 3 is 2.88 bits per heavy atom. The van der Waals surface area contributed by atoms with Crippen LogP contribution in [-0.2, 0) is 11.2 Å². The van der Waals surface area contributed by atoms with Crippen molar-refractivity contribution >= 4 is 46.6 Å². The zero-order valence-electron chi connectivity index (χ0n) is 19.7. The summed E-state index contributed by atoms with van der Waals surface area (Å²) in [6.07, 6.45) is 7.74. The van der Waals surface area contributed by atoms with E-state index in [1.54, 1.807) is 18.5 Å². The molecule has 2 aliphatic heterocycles. The van der Waals surface area contributed by atoms with Crippen LogP contribution in [0, 0.1) is 6.92 Å². The molecule has 5 rings (SSSR count). The minimum absolute atomic E-state index is 0.0386. The number of piperazine rings is 1. The van der Waals surface area contributed by atoms with Crippen molar-refractivity contribution in [3.8, 4) is 0 Å². The Morgan fingerprint density at radius 1 is 1.24 bits per heavy atom. The van der Waals surface area contributed by atoms with Crippen molar-refractivity contribution in [2.75, 3.05) is 36.4 Å². The van der Waals surface area contributed by atoms with Gasteiger partial charge < -0.3 is 10.2 Å². The molecule has 8 nitrogen and oxygen atoms in total. The fraction of sp³-hybridized carbons (Fsp3) is 0.400. The Kier molecular flexibility index (Phi) is 6.18. The second-order valence-electron chi connectivity index (χ2n) is 8.92. The van der Waals surface area contributed by atoms with Gasteiger partial charge in [0.15, 0.2) is 5.78 Å². The van der Waals surface area contributed by atoms with Gasteiger partial charge in [-0.1, -0.05) is 24.6 Å². The molecule has 1 saturated heterocycles. The number of aromatic nitrogens is 3. The monoisotopic (exact) mass is 477 g/mol. The van der Waals surface area contributed by atoms with Gasteiger partial charge in [0, 0.05) is 55.6 Å². The molecule has 1 fully saturated rings. The van der Waals surface area contributed by atoms with Gasteiger partial charge in [-0.3, -0.25) is 19.7 Å². The van der Waals surface area contributed by atoms with Crippen molar-refractivity contribution in [2.24, 2.45) is 4.99 Å². The van der Waals surface area contributed by atoms with E-state index >= 15 is 0 Å². The van der Waals surface area contributed by atoms with Crippen molar-refractivity contribution in [3.05, 3.63) is 52.1 Å². The molecule has 1 N–H and O–H groups in total. The summed E-state index contributed by atoms with van der Waals surface area (Å²) in [5, 5.41) is 3.86. The smallest absolute Gasteiger partial charge is 0.227 e. The number of fused-ring (bicyclic) bond motifs is 2. The van der Waals surface area contributed by atoms with Crippen molar-refractivity contribution < 1.29 is 4.79 Å². The number of Topliss-reactive ketones (excluding diaryl/α,β-unsaturated/α-hetero) is 1. The number of carbonyl (C=O) groups is 1. The maximum Gasteiger partial charge on any atom is 0.227 e. The van der Waals surface area contributed by atoms with E-state index in [0.717, 1.165) is 48.8 Å². The number of hydrogen-bond donors (Lipinski definition) is 1. The highest BCUT2D eigenvalue weighted by Crippen LogP contribution is 2.34. The fourth-order valence-electron chi connectivity index (χ4n) is 4.73. The fourth-order valence-corrected chi connectivity index (χ4v) is 4.85. The van der Waals surface area contributed by atoms with Gasteiger partial charge in [-0.25, -0.2) is 9.97 Å². The lowest BCUT2D eigenvalue weighted by molar-refractivity contribution is -0.115. The number of hydrogen-bond acceptors (Lipinski definition) is 8. The number of aryl methyl sites for hydroxylation is 1. The van der Waals surface area contributed by atoms with Crippen LogP contribution in [0.4, 0.5) is 17.3 Å². The normalized spacial score (nSPS) is 20.6. The van der Waals surface area contributed by atoms with Gasteiger partial charge in [-0.2, -0.15) is 0 Å². The number of allylic oxidation sites excluding steroid dienone is 3. The highest BCUT2D eigenvalue weighted by Gasteiger charge is 2.28. The summed E-state index contributed by atoms with van der Waals surface area (Å²) in [4.78, 5) is 35.8. The third-order valence-electron chi connectivity index (χ3n) is 6.74. The van der Waals surface area contributed by atoms with Crippen LogP contribution in [0.2, 0.25) is 0 Å². The van der Waals surface area contributed by atoms with Crippen molar-refractivity contribution in [1.82, 2.24) is 19.9 Å². The predicted octanol–water partition coefficient (Wildman–Crippen LogP) is 3.89. The Balaban J connectivity index is 1.42. The van der Waals surface area contributed by atoms with Gasteiger partial charge in [0.2, 0.25) is 5.95 Å². The Labute approximate surface area is 204 Å². The first-order valence-corrected chi connectivity index (χ1v) is 12.1. The molecule has 0 unspecified atom stereocenters. The number of aliphatic imine (C=N–C) groups is 1. The molecule has 3 aliphatic rings. The number of rotatable bonds is 4. The maximum absolute atomic E-state index is 12.6. The summed E-state index contributed by atoms with van der Waals surface area (Å²) in [5.41, 5.74) is 5.48. The second kappa shape index (κ2) is 9.27. The summed E-state index contributed by atoms with van der Waals surface area (Å²) in [5.74, 6) is 0.487. The quantitative estimate of drug-likeness (QED) is 0.714. The maximum atomic E-state index is 12.6. The average molecular weight is 478 g/mol. The number of pyridine rings is 1. The zero-order valence-corrected chi connectivity index (χ0v) is 20.4. The molecule has 176 valence electrons. The SMILES string of the molecule is CCN1CCN(c2cnc(C)c(Nc3ncc4c(n3)C3=C(CC=C(Cl)C=N3)C(=O)C4)c2)C[C@@H]1C. The van der Waals surface area contributed by atoms with E-state index in [9.17, 15) is 4.79 Å². The average Bonchev–Trinajstić information content (AvgIpc) is 3.03. The standard InChI is InChI=1S/C25H28ClN7O/c1-4-32-7-8-33(14-15(32)2)19-10-21(16(3)27-13-19)30-25-29-11-17-9-22(34)20-6-5-18(26)12-28-24(20)23(17)31-25/h5,10-13,15H,4,6-9,14H2,1-3H3,(H,29,30,31)/t15-/m0/s1. The molecule has 1 atom stereocenters. The van der Waals surface area contributed by atoms with E-state index in [2.05, 4.69) is 50.0 Å². The zero-order chi connectivity index (χ0) is 23.8. The molecule has 0 radical (unpaired) electrons. The van der Waals surface area contributed by atoms with Crippen molar-refractivity contribution in [2.45, 2.75) is 39.7 Å². The molecular weight excluding hydrogens is 450 g/mol. The molecule has 0 spiro atoms. The molecule has 0 amide bonds. The van der Waals surface area contributed by atoms with Gasteiger partial charge in [0.1, 0.15) is 0 Å². The van der Waals surface area contributed by atoms with E-state index < -0.39 is 0 Å². The van der Waals surface area contributed by atoms with E-state index in [4.69, 9.17) is 16.6 Å². The lowest BCUT2D eigenvalue weighted by Crippen LogP contribution is -2.51. The van der Waals surface area contributed by atoms with Gasteiger partial charge in [-0.15, -0.1) is 0 Å². The number of carbonyl (C=O) groups excluding carboxylic acids is 1. The largest absolute Gasteiger partial charge is 0.367 e. The summed E-state index contributed by atoms with van der Waals surface area (Å²) in [7, 11) is 0. The molecule has 2 aromatic heterocycles. The first kappa shape index (κ1) is 22.7. The number of ketones is 1. The topological polar surface area (TPSA) is 86.6 Å². The Morgan fingerprint density at radius 2 is 2.09 bits per heavy atom. The van der Waals surface area contributed by atoms with Gasteiger partial charge in [-0.05, 0) is 32.9 Å². The van der Waals surface area contributed by atoms with Crippen LogP contribution >= 0.6 is 11.6 Å². The molecule has 0 aromatic carbocycles. The lowest BCUT2D eigenvalue weighted by Gasteiger charge is -2.40. The van der Waals surface area contributed by atoms with Crippen LogP contribution in [0.3, 0.4) is 0 Å². The summed E-state index contributed by atoms with van der Waals surface area (Å²) in [6.45, 7) is 10.5. The predicted molar refractivity (Wildman–Crippen MR) is 136 cm³/mol. The third kappa shape index (κ3) is 4.35. The third-order valence-corrected chi connectivity index (χ3v) is 6.99. The van der Waals surface area contributed by atoms with E-state index in [1.807, 2.05) is 13.1 Å². The Hall–Kier alpha value is -3.10. The van der Waals surface area contributed by atoms with Crippen molar-refractivity contribution in [3.63, 3.8) is 0 Å². The number of halogens is 1. The number of anilines is 3. The summed E-state index contributed by atoms with van der Waals surface area (Å²) in [6, 6.07) is 2.61. The second-order valence-corrected chi connectivity index (χ2v) is 9.36. The Bertz CT molecular complexity index is 1240. The molecular formula is C25H28ClN7O. The molecule has 0 bridgehead atoms. The van der Waals surface area contributed by atoms with Crippen LogP contribution in [0.1, 0.15) is 37.2 Å². The first-order valence-electron chi connectivity index (χ1n) is 11.7.